The molecule has 1 aromatic heterocycles. The Labute approximate surface area is 224 Å². The predicted molar refractivity (Wildman–Crippen MR) is 137 cm³/mol. The Hall–Kier alpha value is -4.22. The van der Waals surface area contributed by atoms with E-state index < -0.39 is 17.8 Å². The molecular weight excluding hydrogens is 517 g/mol. The van der Waals surface area contributed by atoms with Crippen molar-refractivity contribution < 1.29 is 36.9 Å². The van der Waals surface area contributed by atoms with Gasteiger partial charge in [-0.15, -0.1) is 10.2 Å². The molecule has 1 saturated heterocycles. The molecule has 0 spiro atoms. The molecule has 1 fully saturated rings. The third kappa shape index (κ3) is 6.27. The summed E-state index contributed by atoms with van der Waals surface area (Å²) in [4.78, 5) is 16.5. The first-order valence-corrected chi connectivity index (χ1v) is 12.2. The quantitative estimate of drug-likeness (QED) is 0.414. The number of amides is 1. The van der Waals surface area contributed by atoms with Gasteiger partial charge in [0.2, 0.25) is 5.75 Å². The first kappa shape index (κ1) is 27.8. The number of anilines is 1. The second-order valence-electron chi connectivity index (χ2n) is 8.79. The molecule has 12 heteroatoms. The topological polar surface area (TPSA) is 86.3 Å². The summed E-state index contributed by atoms with van der Waals surface area (Å²) in [5.74, 6) is 1.85. The van der Waals surface area contributed by atoms with Crippen LogP contribution < -0.4 is 23.8 Å². The second kappa shape index (κ2) is 11.7. The maximum absolute atomic E-state index is 13.0. The minimum atomic E-state index is -4.49. The highest BCUT2D eigenvalue weighted by Gasteiger charge is 2.31. The Morgan fingerprint density at radius 2 is 1.56 bits per heavy atom. The number of piperazine rings is 1. The van der Waals surface area contributed by atoms with E-state index in [1.54, 1.807) is 31.3 Å². The molecule has 0 radical (unpaired) electrons. The highest BCUT2D eigenvalue weighted by Crippen LogP contribution is 2.40. The van der Waals surface area contributed by atoms with Crippen LogP contribution in [0.3, 0.4) is 0 Å². The van der Waals surface area contributed by atoms with E-state index in [2.05, 4.69) is 10.2 Å². The average molecular weight is 547 g/mol. The number of halogens is 3. The summed E-state index contributed by atoms with van der Waals surface area (Å²) in [6.07, 6.45) is -5.42. The molecule has 4 rings (SSSR count). The van der Waals surface area contributed by atoms with Gasteiger partial charge in [-0.1, -0.05) is 6.07 Å². The maximum Gasteiger partial charge on any atom is 0.416 e. The monoisotopic (exact) mass is 546 g/mol. The van der Waals surface area contributed by atoms with Crippen molar-refractivity contribution in [3.63, 3.8) is 0 Å². The van der Waals surface area contributed by atoms with Gasteiger partial charge in [-0.2, -0.15) is 13.2 Å². The van der Waals surface area contributed by atoms with Gasteiger partial charge in [-0.05, 0) is 49.4 Å². The van der Waals surface area contributed by atoms with Crippen molar-refractivity contribution in [2.75, 3.05) is 52.4 Å². The van der Waals surface area contributed by atoms with Gasteiger partial charge in [-0.3, -0.25) is 4.79 Å². The third-order valence-electron chi connectivity index (χ3n) is 6.35. The fourth-order valence-corrected chi connectivity index (χ4v) is 4.29. The zero-order valence-corrected chi connectivity index (χ0v) is 22.0. The summed E-state index contributed by atoms with van der Waals surface area (Å²) >= 11 is 0. The SMILES string of the molecule is COc1cc(-c2ccc(N3CCN(C(=O)C(C)Oc4cccc(C(F)(F)F)c4)CC3)nn2)cc(OC)c1OC. The van der Waals surface area contributed by atoms with Crippen LogP contribution in [-0.4, -0.2) is 74.6 Å². The zero-order chi connectivity index (χ0) is 28.2. The highest BCUT2D eigenvalue weighted by molar-refractivity contribution is 5.81. The Kier molecular flexibility index (Phi) is 8.32. The molecule has 0 bridgehead atoms. The van der Waals surface area contributed by atoms with Crippen LogP contribution in [0.25, 0.3) is 11.3 Å². The minimum absolute atomic E-state index is 0.00762. The lowest BCUT2D eigenvalue weighted by Crippen LogP contribution is -2.52. The van der Waals surface area contributed by atoms with Crippen LogP contribution in [0.5, 0.6) is 23.0 Å². The summed E-state index contributed by atoms with van der Waals surface area (Å²) < 4.78 is 60.6. The van der Waals surface area contributed by atoms with Crippen molar-refractivity contribution in [2.45, 2.75) is 19.2 Å². The van der Waals surface area contributed by atoms with Crippen molar-refractivity contribution in [1.29, 1.82) is 0 Å². The number of rotatable bonds is 8. The van der Waals surface area contributed by atoms with Crippen molar-refractivity contribution in [2.24, 2.45) is 0 Å². The van der Waals surface area contributed by atoms with Crippen molar-refractivity contribution in [3.05, 3.63) is 54.1 Å². The van der Waals surface area contributed by atoms with Gasteiger partial charge < -0.3 is 28.7 Å². The highest BCUT2D eigenvalue weighted by atomic mass is 19.4. The number of nitrogens with zero attached hydrogens (tertiary/aromatic N) is 4. The first-order chi connectivity index (χ1) is 18.6. The summed E-state index contributed by atoms with van der Waals surface area (Å²) in [7, 11) is 4.61. The molecule has 208 valence electrons. The van der Waals surface area contributed by atoms with Crippen molar-refractivity contribution in [3.8, 4) is 34.3 Å². The predicted octanol–water partition coefficient (Wildman–Crippen LogP) is 4.30. The van der Waals surface area contributed by atoms with E-state index in [1.807, 2.05) is 17.0 Å². The van der Waals surface area contributed by atoms with E-state index in [9.17, 15) is 18.0 Å². The number of hydrogen-bond donors (Lipinski definition) is 0. The molecule has 0 aliphatic carbocycles. The molecule has 9 nitrogen and oxygen atoms in total. The van der Waals surface area contributed by atoms with E-state index in [0.717, 1.165) is 17.7 Å². The van der Waals surface area contributed by atoms with Gasteiger partial charge in [0.05, 0.1) is 32.6 Å². The van der Waals surface area contributed by atoms with Crippen LogP contribution in [0, 0.1) is 0 Å². The molecule has 1 amide bonds. The van der Waals surface area contributed by atoms with E-state index >= 15 is 0 Å². The van der Waals surface area contributed by atoms with Gasteiger partial charge in [0, 0.05) is 31.7 Å². The Morgan fingerprint density at radius 1 is 0.897 bits per heavy atom. The van der Waals surface area contributed by atoms with Crippen LogP contribution in [-0.2, 0) is 11.0 Å². The summed E-state index contributed by atoms with van der Waals surface area (Å²) in [5, 5.41) is 8.72. The first-order valence-electron chi connectivity index (χ1n) is 12.2. The molecule has 1 aliphatic heterocycles. The number of ether oxygens (including phenoxy) is 4. The second-order valence-corrected chi connectivity index (χ2v) is 8.79. The smallest absolute Gasteiger partial charge is 0.416 e. The molecule has 39 heavy (non-hydrogen) atoms. The van der Waals surface area contributed by atoms with Crippen molar-refractivity contribution >= 4 is 11.7 Å². The van der Waals surface area contributed by atoms with E-state index in [4.69, 9.17) is 18.9 Å². The number of carbonyl (C=O) groups excluding carboxylic acids is 1. The van der Waals surface area contributed by atoms with Gasteiger partial charge >= 0.3 is 6.18 Å². The largest absolute Gasteiger partial charge is 0.493 e. The van der Waals surface area contributed by atoms with Gasteiger partial charge in [-0.25, -0.2) is 0 Å². The van der Waals surface area contributed by atoms with E-state index in [-0.39, 0.29) is 11.7 Å². The van der Waals surface area contributed by atoms with Gasteiger partial charge in [0.15, 0.2) is 23.4 Å². The Bertz CT molecular complexity index is 1270. The standard InChI is InChI=1S/C27H29F3N4O5/c1-17(39-20-7-5-6-19(16-20)27(28,29)30)26(35)34-12-10-33(11-13-34)24-9-8-21(31-32-24)18-14-22(36-2)25(38-4)23(15-18)37-3/h5-9,14-17H,10-13H2,1-4H3. The van der Waals surface area contributed by atoms with Gasteiger partial charge in [0.25, 0.3) is 5.91 Å². The zero-order valence-electron chi connectivity index (χ0n) is 22.0. The van der Waals surface area contributed by atoms with Crippen LogP contribution in [0.2, 0.25) is 0 Å². The number of alkyl halides is 3. The summed E-state index contributed by atoms with van der Waals surface area (Å²) in [5.41, 5.74) is 0.534. The van der Waals surface area contributed by atoms with Crippen LogP contribution in [0.15, 0.2) is 48.5 Å². The summed E-state index contributed by atoms with van der Waals surface area (Å²) in [6, 6.07) is 11.8. The molecule has 2 heterocycles. The molecule has 1 unspecified atom stereocenters. The Morgan fingerprint density at radius 3 is 2.10 bits per heavy atom. The molecule has 0 saturated carbocycles. The fraction of sp³-hybridized carbons (Fsp3) is 0.370. The molecule has 3 aromatic rings. The fourth-order valence-electron chi connectivity index (χ4n) is 4.29. The number of hydrogen-bond acceptors (Lipinski definition) is 8. The average Bonchev–Trinajstić information content (AvgIpc) is 2.95. The lowest BCUT2D eigenvalue weighted by Gasteiger charge is -2.36. The molecule has 1 atom stereocenters. The minimum Gasteiger partial charge on any atom is -0.493 e. The maximum atomic E-state index is 13.0. The summed E-state index contributed by atoms with van der Waals surface area (Å²) in [6.45, 7) is 3.37. The molecular formula is C27H29F3N4O5. The van der Waals surface area contributed by atoms with E-state index in [0.29, 0.717) is 54.9 Å². The number of benzene rings is 2. The number of carbonyl (C=O) groups is 1. The normalized spacial score (nSPS) is 14.5. The van der Waals surface area contributed by atoms with Crippen molar-refractivity contribution in [1.82, 2.24) is 15.1 Å². The molecule has 1 aliphatic rings. The third-order valence-corrected chi connectivity index (χ3v) is 6.35. The molecule has 0 N–H and O–H groups in total. The number of methoxy groups -OCH3 is 3. The van der Waals surface area contributed by atoms with Crippen LogP contribution in [0.1, 0.15) is 12.5 Å². The van der Waals surface area contributed by atoms with Crippen LogP contribution >= 0.6 is 0 Å². The Balaban J connectivity index is 1.37. The van der Waals surface area contributed by atoms with E-state index in [1.165, 1.54) is 26.2 Å². The number of aromatic nitrogens is 2. The lowest BCUT2D eigenvalue weighted by molar-refractivity contribution is -0.138. The lowest BCUT2D eigenvalue weighted by atomic mass is 10.1. The molecule has 2 aromatic carbocycles. The van der Waals surface area contributed by atoms with Gasteiger partial charge in [0.1, 0.15) is 5.75 Å². The van der Waals surface area contributed by atoms with Crippen LogP contribution in [0.4, 0.5) is 19.0 Å².